The first-order chi connectivity index (χ1) is 15.4. The number of carbonyl (C=O) groups excluding carboxylic acids is 2. The Bertz CT molecular complexity index is 1140. The molecule has 0 bridgehead atoms. The Kier molecular flexibility index (Phi) is 6.55. The number of nitrogens with zero attached hydrogens (tertiary/aromatic N) is 2. The highest BCUT2D eigenvalue weighted by atomic mass is 35.5. The number of amides is 1. The lowest BCUT2D eigenvalue weighted by atomic mass is 9.95. The minimum Gasteiger partial charge on any atom is -0.451 e. The highest BCUT2D eigenvalue weighted by Gasteiger charge is 2.27. The van der Waals surface area contributed by atoms with Crippen molar-refractivity contribution in [1.29, 1.82) is 0 Å². The maximum absolute atomic E-state index is 13.3. The molecule has 1 aliphatic carbocycles. The number of carbonyl (C=O) groups is 2. The quantitative estimate of drug-likeness (QED) is 0.552. The molecular formula is C24H23ClFN3O3. The third kappa shape index (κ3) is 4.83. The molecule has 166 valence electrons. The molecule has 2 aromatic carbocycles. The van der Waals surface area contributed by atoms with Crippen molar-refractivity contribution in [2.45, 2.75) is 38.6 Å². The van der Waals surface area contributed by atoms with Crippen molar-refractivity contribution >= 4 is 23.5 Å². The molecule has 1 N–H and O–H groups in total. The van der Waals surface area contributed by atoms with Gasteiger partial charge in [-0.3, -0.25) is 4.79 Å². The maximum Gasteiger partial charge on any atom is 0.359 e. The van der Waals surface area contributed by atoms with Crippen LogP contribution in [-0.2, 0) is 22.4 Å². The van der Waals surface area contributed by atoms with E-state index in [1.54, 1.807) is 35.0 Å². The summed E-state index contributed by atoms with van der Waals surface area (Å²) in [7, 11) is 0. The van der Waals surface area contributed by atoms with E-state index in [-0.39, 0.29) is 17.6 Å². The number of benzene rings is 2. The van der Waals surface area contributed by atoms with Crippen LogP contribution in [-0.4, -0.2) is 28.3 Å². The Morgan fingerprint density at radius 3 is 2.69 bits per heavy atom. The average Bonchev–Trinajstić information content (AvgIpc) is 3.18. The maximum atomic E-state index is 13.3. The summed E-state index contributed by atoms with van der Waals surface area (Å²) in [4.78, 5) is 25.1. The number of esters is 1. The molecule has 0 aliphatic heterocycles. The van der Waals surface area contributed by atoms with Crippen LogP contribution in [0.15, 0.2) is 48.5 Å². The largest absolute Gasteiger partial charge is 0.451 e. The van der Waals surface area contributed by atoms with Crippen molar-refractivity contribution in [3.05, 3.63) is 81.9 Å². The van der Waals surface area contributed by atoms with Crippen LogP contribution in [0.5, 0.6) is 0 Å². The molecule has 4 rings (SSSR count). The van der Waals surface area contributed by atoms with E-state index in [0.29, 0.717) is 17.1 Å². The van der Waals surface area contributed by atoms with E-state index in [4.69, 9.17) is 16.3 Å². The Morgan fingerprint density at radius 1 is 1.19 bits per heavy atom. The summed E-state index contributed by atoms with van der Waals surface area (Å²) in [5, 5.41) is 7.83. The molecule has 1 aliphatic rings. The van der Waals surface area contributed by atoms with Crippen molar-refractivity contribution < 1.29 is 18.7 Å². The van der Waals surface area contributed by atoms with Crippen molar-refractivity contribution in [3.63, 3.8) is 0 Å². The van der Waals surface area contributed by atoms with Gasteiger partial charge in [0, 0.05) is 16.3 Å². The fourth-order valence-corrected chi connectivity index (χ4v) is 4.10. The van der Waals surface area contributed by atoms with E-state index in [1.165, 1.54) is 12.1 Å². The number of hydrogen-bond donors (Lipinski definition) is 1. The number of ether oxygens (including phenoxy) is 1. The van der Waals surface area contributed by atoms with Crippen LogP contribution in [0.25, 0.3) is 5.69 Å². The molecule has 1 aromatic heterocycles. The summed E-state index contributed by atoms with van der Waals surface area (Å²) in [6.45, 7) is 1.41. The van der Waals surface area contributed by atoms with E-state index in [2.05, 4.69) is 10.4 Å². The number of aromatic nitrogens is 2. The molecule has 6 nitrogen and oxygen atoms in total. The molecule has 32 heavy (non-hydrogen) atoms. The molecule has 0 saturated carbocycles. The summed E-state index contributed by atoms with van der Waals surface area (Å²) in [5.74, 6) is -1.40. The fourth-order valence-electron chi connectivity index (χ4n) is 3.90. The van der Waals surface area contributed by atoms with Gasteiger partial charge >= 0.3 is 5.97 Å². The monoisotopic (exact) mass is 455 g/mol. The van der Waals surface area contributed by atoms with Crippen LogP contribution in [0.3, 0.4) is 0 Å². The van der Waals surface area contributed by atoms with Gasteiger partial charge in [-0.1, -0.05) is 23.7 Å². The molecule has 1 atom stereocenters. The second-order valence-corrected chi connectivity index (χ2v) is 8.23. The molecule has 0 fully saturated rings. The minimum absolute atomic E-state index is 0.208. The topological polar surface area (TPSA) is 73.2 Å². The van der Waals surface area contributed by atoms with Crippen LogP contribution in [0.4, 0.5) is 4.39 Å². The molecule has 0 unspecified atom stereocenters. The normalized spacial score (nSPS) is 13.8. The van der Waals surface area contributed by atoms with Crippen molar-refractivity contribution in [2.75, 3.05) is 6.61 Å². The number of halogens is 2. The molecule has 0 radical (unpaired) electrons. The zero-order valence-electron chi connectivity index (χ0n) is 17.6. The van der Waals surface area contributed by atoms with E-state index in [1.807, 2.05) is 13.0 Å². The summed E-state index contributed by atoms with van der Waals surface area (Å²) >= 11 is 6.00. The second-order valence-electron chi connectivity index (χ2n) is 7.79. The number of nitrogens with one attached hydrogen (secondary N) is 1. The standard InChI is InChI=1S/C24H23ClFN3O3/c1-15(16-5-4-6-17(25)13-16)27-22(30)14-32-24(31)23-20-7-2-3-8-21(20)29(28-23)19-11-9-18(26)10-12-19/h4-6,9-13,15H,2-3,7-8,14H2,1H3,(H,27,30)/t15-/m0/s1. The number of hydrogen-bond acceptors (Lipinski definition) is 4. The van der Waals surface area contributed by atoms with Gasteiger partial charge in [-0.25, -0.2) is 13.9 Å². The van der Waals surface area contributed by atoms with Gasteiger partial charge in [0.05, 0.1) is 11.7 Å². The van der Waals surface area contributed by atoms with Crippen LogP contribution in [0.1, 0.15) is 53.1 Å². The van der Waals surface area contributed by atoms with E-state index in [9.17, 15) is 14.0 Å². The second kappa shape index (κ2) is 9.53. The smallest absolute Gasteiger partial charge is 0.359 e. The van der Waals surface area contributed by atoms with Crippen LogP contribution in [0.2, 0.25) is 5.02 Å². The molecular weight excluding hydrogens is 433 g/mol. The molecule has 3 aromatic rings. The Balaban J connectivity index is 1.45. The third-order valence-electron chi connectivity index (χ3n) is 5.51. The Morgan fingerprint density at radius 2 is 1.94 bits per heavy atom. The Labute approximate surface area is 190 Å². The first kappa shape index (κ1) is 22.0. The fraction of sp³-hybridized carbons (Fsp3) is 0.292. The van der Waals surface area contributed by atoms with Gasteiger partial charge in [0.2, 0.25) is 0 Å². The van der Waals surface area contributed by atoms with Crippen molar-refractivity contribution in [3.8, 4) is 5.69 Å². The average molecular weight is 456 g/mol. The SMILES string of the molecule is C[C@H](NC(=O)COC(=O)c1nn(-c2ccc(F)cc2)c2c1CCCC2)c1cccc(Cl)c1. The van der Waals surface area contributed by atoms with Gasteiger partial charge in [0.25, 0.3) is 5.91 Å². The van der Waals surface area contributed by atoms with Gasteiger partial charge in [-0.05, 0) is 74.6 Å². The first-order valence-corrected chi connectivity index (χ1v) is 10.9. The van der Waals surface area contributed by atoms with Crippen LogP contribution < -0.4 is 5.32 Å². The molecule has 1 amide bonds. The van der Waals surface area contributed by atoms with E-state index < -0.39 is 18.5 Å². The number of rotatable bonds is 6. The highest BCUT2D eigenvalue weighted by Crippen LogP contribution is 2.27. The highest BCUT2D eigenvalue weighted by molar-refractivity contribution is 6.30. The molecule has 8 heteroatoms. The van der Waals surface area contributed by atoms with Crippen LogP contribution >= 0.6 is 11.6 Å². The number of fused-ring (bicyclic) bond motifs is 1. The van der Waals surface area contributed by atoms with Gasteiger partial charge in [-0.15, -0.1) is 0 Å². The summed E-state index contributed by atoms with van der Waals surface area (Å²) in [5.41, 5.74) is 3.49. The molecule has 0 saturated heterocycles. The van der Waals surface area contributed by atoms with E-state index in [0.717, 1.165) is 36.1 Å². The lowest BCUT2D eigenvalue weighted by Gasteiger charge is -2.15. The predicted molar refractivity (Wildman–Crippen MR) is 118 cm³/mol. The third-order valence-corrected chi connectivity index (χ3v) is 5.74. The zero-order chi connectivity index (χ0) is 22.7. The Hall–Kier alpha value is -3.19. The van der Waals surface area contributed by atoms with Crippen molar-refractivity contribution in [2.24, 2.45) is 0 Å². The lowest BCUT2D eigenvalue weighted by Crippen LogP contribution is -2.31. The lowest BCUT2D eigenvalue weighted by molar-refractivity contribution is -0.124. The summed E-state index contributed by atoms with van der Waals surface area (Å²) in [6, 6.07) is 12.9. The zero-order valence-corrected chi connectivity index (χ0v) is 18.4. The molecule has 0 spiro atoms. The minimum atomic E-state index is -0.644. The van der Waals surface area contributed by atoms with Crippen molar-refractivity contribution in [1.82, 2.24) is 15.1 Å². The van der Waals surface area contributed by atoms with Gasteiger partial charge in [0.1, 0.15) is 5.82 Å². The summed E-state index contributed by atoms with van der Waals surface area (Å²) in [6.07, 6.45) is 3.40. The van der Waals surface area contributed by atoms with E-state index >= 15 is 0 Å². The van der Waals surface area contributed by atoms with Gasteiger partial charge in [0.15, 0.2) is 12.3 Å². The predicted octanol–water partition coefficient (Wildman–Crippen LogP) is 4.58. The first-order valence-electron chi connectivity index (χ1n) is 10.5. The van der Waals surface area contributed by atoms with Gasteiger partial charge in [-0.2, -0.15) is 5.10 Å². The molecule has 1 heterocycles. The summed E-state index contributed by atoms with van der Waals surface area (Å²) < 4.78 is 20.3. The van der Waals surface area contributed by atoms with Gasteiger partial charge < -0.3 is 10.1 Å². The van der Waals surface area contributed by atoms with Crippen LogP contribution in [0, 0.1) is 5.82 Å².